The minimum absolute atomic E-state index is 0.380. The summed E-state index contributed by atoms with van der Waals surface area (Å²) in [6.45, 7) is 7.03. The smallest absolute Gasteiger partial charge is 0.0325 e. The lowest BCUT2D eigenvalue weighted by Gasteiger charge is -2.51. The normalized spacial score (nSPS) is 27.6. The standard InChI is InChI=1S/C18H29N3/c1-3-17-13-20-18(9-5-4-6-10-18)14-21(17)15(2)16-7-11-19-12-8-16/h7-8,11-12,15,17,20H,3-6,9-10,13-14H2,1-2H3. The molecule has 2 fully saturated rings. The molecule has 2 atom stereocenters. The van der Waals surface area contributed by atoms with Crippen LogP contribution in [0.25, 0.3) is 0 Å². The van der Waals surface area contributed by atoms with E-state index in [1.807, 2.05) is 12.4 Å². The van der Waals surface area contributed by atoms with Crippen molar-refractivity contribution in [2.75, 3.05) is 13.1 Å². The minimum atomic E-state index is 0.380. The van der Waals surface area contributed by atoms with Gasteiger partial charge in [0.2, 0.25) is 0 Å². The summed E-state index contributed by atoms with van der Waals surface area (Å²) in [4.78, 5) is 6.91. The molecule has 0 aromatic carbocycles. The van der Waals surface area contributed by atoms with E-state index in [1.54, 1.807) is 0 Å². The summed E-state index contributed by atoms with van der Waals surface area (Å²) in [6.07, 6.45) is 12.0. The number of aromatic nitrogens is 1. The molecule has 0 amide bonds. The van der Waals surface area contributed by atoms with Crippen molar-refractivity contribution in [2.24, 2.45) is 0 Å². The highest BCUT2D eigenvalue weighted by atomic mass is 15.3. The van der Waals surface area contributed by atoms with Crippen molar-refractivity contribution >= 4 is 0 Å². The minimum Gasteiger partial charge on any atom is -0.308 e. The van der Waals surface area contributed by atoms with Gasteiger partial charge in [0.1, 0.15) is 0 Å². The molecule has 3 nitrogen and oxygen atoms in total. The summed E-state index contributed by atoms with van der Waals surface area (Å²) >= 11 is 0. The van der Waals surface area contributed by atoms with E-state index in [9.17, 15) is 0 Å². The number of nitrogens with one attached hydrogen (secondary N) is 1. The molecule has 1 aromatic heterocycles. The molecular weight excluding hydrogens is 258 g/mol. The first-order valence-corrected chi connectivity index (χ1v) is 8.65. The second-order valence-electron chi connectivity index (χ2n) is 6.91. The van der Waals surface area contributed by atoms with Gasteiger partial charge in [-0.25, -0.2) is 0 Å². The van der Waals surface area contributed by atoms with E-state index in [0.29, 0.717) is 17.6 Å². The van der Waals surface area contributed by atoms with Crippen LogP contribution in [-0.4, -0.2) is 34.6 Å². The highest BCUT2D eigenvalue weighted by Crippen LogP contribution is 2.35. The molecule has 0 radical (unpaired) electrons. The van der Waals surface area contributed by atoms with E-state index in [4.69, 9.17) is 0 Å². The average Bonchev–Trinajstić information content (AvgIpc) is 2.56. The van der Waals surface area contributed by atoms with Crippen LogP contribution in [0.4, 0.5) is 0 Å². The van der Waals surface area contributed by atoms with Crippen molar-refractivity contribution in [1.29, 1.82) is 0 Å². The largest absolute Gasteiger partial charge is 0.308 e. The summed E-state index contributed by atoms with van der Waals surface area (Å²) < 4.78 is 0. The molecule has 1 saturated heterocycles. The van der Waals surface area contributed by atoms with Gasteiger partial charge in [0, 0.05) is 43.1 Å². The van der Waals surface area contributed by atoms with Crippen molar-refractivity contribution in [3.63, 3.8) is 0 Å². The maximum atomic E-state index is 4.16. The topological polar surface area (TPSA) is 28.2 Å². The Bertz CT molecular complexity index is 439. The molecule has 21 heavy (non-hydrogen) atoms. The lowest BCUT2D eigenvalue weighted by atomic mass is 9.78. The summed E-state index contributed by atoms with van der Waals surface area (Å²) in [5.74, 6) is 0. The molecule has 1 aliphatic carbocycles. The van der Waals surface area contributed by atoms with Gasteiger partial charge in [0.05, 0.1) is 0 Å². The summed E-state index contributed by atoms with van der Waals surface area (Å²) in [5, 5.41) is 3.92. The Hall–Kier alpha value is -0.930. The molecule has 1 N–H and O–H groups in total. The van der Waals surface area contributed by atoms with Gasteiger partial charge in [0.25, 0.3) is 0 Å². The molecule has 1 spiro atoms. The fourth-order valence-electron chi connectivity index (χ4n) is 4.21. The zero-order valence-electron chi connectivity index (χ0n) is 13.5. The van der Waals surface area contributed by atoms with Gasteiger partial charge in [-0.3, -0.25) is 9.88 Å². The van der Waals surface area contributed by atoms with Crippen LogP contribution in [-0.2, 0) is 0 Å². The van der Waals surface area contributed by atoms with Crippen molar-refractivity contribution < 1.29 is 0 Å². The SMILES string of the molecule is CCC1CNC2(CCCCC2)CN1C(C)c1ccncc1. The summed E-state index contributed by atoms with van der Waals surface area (Å²) in [6, 6.07) is 5.49. The third-order valence-corrected chi connectivity index (χ3v) is 5.63. The van der Waals surface area contributed by atoms with E-state index in [2.05, 4.69) is 41.2 Å². The van der Waals surface area contributed by atoms with Gasteiger partial charge in [0.15, 0.2) is 0 Å². The summed E-state index contributed by atoms with van der Waals surface area (Å²) in [5.41, 5.74) is 1.78. The first-order valence-electron chi connectivity index (χ1n) is 8.65. The van der Waals surface area contributed by atoms with E-state index in [0.717, 1.165) is 6.54 Å². The van der Waals surface area contributed by atoms with Gasteiger partial charge in [-0.1, -0.05) is 26.2 Å². The highest BCUT2D eigenvalue weighted by molar-refractivity contribution is 5.16. The maximum Gasteiger partial charge on any atom is 0.0325 e. The van der Waals surface area contributed by atoms with Crippen LogP contribution in [0.15, 0.2) is 24.5 Å². The predicted molar refractivity (Wildman–Crippen MR) is 87.3 cm³/mol. The fourth-order valence-corrected chi connectivity index (χ4v) is 4.21. The van der Waals surface area contributed by atoms with Crippen LogP contribution in [0.2, 0.25) is 0 Å². The number of rotatable bonds is 3. The second kappa shape index (κ2) is 6.45. The fraction of sp³-hybridized carbons (Fsp3) is 0.722. The van der Waals surface area contributed by atoms with Crippen molar-refractivity contribution in [1.82, 2.24) is 15.2 Å². The first kappa shape index (κ1) is 15.0. The van der Waals surface area contributed by atoms with Gasteiger partial charge in [-0.15, -0.1) is 0 Å². The van der Waals surface area contributed by atoms with Crippen molar-refractivity contribution in [2.45, 2.75) is 70.0 Å². The first-order chi connectivity index (χ1) is 10.2. The van der Waals surface area contributed by atoms with Crippen molar-refractivity contribution in [3.8, 4) is 0 Å². The Kier molecular flexibility index (Phi) is 4.60. The maximum absolute atomic E-state index is 4.16. The van der Waals surface area contributed by atoms with E-state index >= 15 is 0 Å². The number of hydrogen-bond acceptors (Lipinski definition) is 3. The molecule has 3 heteroatoms. The number of nitrogens with zero attached hydrogens (tertiary/aromatic N) is 2. The van der Waals surface area contributed by atoms with Gasteiger partial charge in [-0.05, 0) is 43.9 Å². The Morgan fingerprint density at radius 3 is 2.67 bits per heavy atom. The molecule has 2 aliphatic rings. The monoisotopic (exact) mass is 287 g/mol. The van der Waals surface area contributed by atoms with Crippen LogP contribution >= 0.6 is 0 Å². The van der Waals surface area contributed by atoms with Crippen molar-refractivity contribution in [3.05, 3.63) is 30.1 Å². The van der Waals surface area contributed by atoms with E-state index in [-0.39, 0.29) is 0 Å². The third-order valence-electron chi connectivity index (χ3n) is 5.63. The highest BCUT2D eigenvalue weighted by Gasteiger charge is 2.40. The van der Waals surface area contributed by atoms with E-state index < -0.39 is 0 Å². The van der Waals surface area contributed by atoms with Crippen LogP contribution < -0.4 is 5.32 Å². The quantitative estimate of drug-likeness (QED) is 0.922. The second-order valence-corrected chi connectivity index (χ2v) is 6.91. The molecule has 3 rings (SSSR count). The lowest BCUT2D eigenvalue weighted by Crippen LogP contribution is -2.64. The molecule has 116 valence electrons. The third kappa shape index (κ3) is 3.14. The van der Waals surface area contributed by atoms with Crippen LogP contribution in [0.3, 0.4) is 0 Å². The molecule has 1 aromatic rings. The van der Waals surface area contributed by atoms with Gasteiger partial charge in [-0.2, -0.15) is 0 Å². The number of hydrogen-bond donors (Lipinski definition) is 1. The molecule has 1 saturated carbocycles. The molecular formula is C18H29N3. The average molecular weight is 287 g/mol. The Morgan fingerprint density at radius 1 is 1.29 bits per heavy atom. The number of pyridine rings is 1. The van der Waals surface area contributed by atoms with Gasteiger partial charge >= 0.3 is 0 Å². The lowest BCUT2D eigenvalue weighted by molar-refractivity contribution is 0.0269. The molecule has 2 heterocycles. The van der Waals surface area contributed by atoms with Crippen LogP contribution in [0.1, 0.15) is 64.0 Å². The molecule has 1 aliphatic heterocycles. The Labute approximate surface area is 129 Å². The Balaban J connectivity index is 1.79. The zero-order valence-corrected chi connectivity index (χ0v) is 13.5. The predicted octanol–water partition coefficient (Wildman–Crippen LogP) is 3.53. The number of piperazine rings is 1. The van der Waals surface area contributed by atoms with Crippen LogP contribution in [0, 0.1) is 0 Å². The van der Waals surface area contributed by atoms with Gasteiger partial charge < -0.3 is 5.32 Å². The van der Waals surface area contributed by atoms with E-state index in [1.165, 1.54) is 50.6 Å². The summed E-state index contributed by atoms with van der Waals surface area (Å²) in [7, 11) is 0. The van der Waals surface area contributed by atoms with Crippen LogP contribution in [0.5, 0.6) is 0 Å². The molecule has 2 unspecified atom stereocenters. The zero-order chi connectivity index (χ0) is 14.7. The Morgan fingerprint density at radius 2 is 2.00 bits per heavy atom. The molecule has 0 bridgehead atoms.